The number of carbonyl (C=O) groups is 1. The summed E-state index contributed by atoms with van der Waals surface area (Å²) < 4.78 is 11.0. The SMILES string of the molecule is COc1cc(C(=O)NCCS)cc2c1OC(C)C2. The topological polar surface area (TPSA) is 47.6 Å². The molecule has 2 rings (SSSR count). The van der Waals surface area contributed by atoms with E-state index in [0.29, 0.717) is 23.6 Å². The van der Waals surface area contributed by atoms with Gasteiger partial charge < -0.3 is 14.8 Å². The predicted octanol–water partition coefficient (Wildman–Crippen LogP) is 1.68. The number of nitrogens with one attached hydrogen (secondary N) is 1. The summed E-state index contributed by atoms with van der Waals surface area (Å²) >= 11 is 4.06. The summed E-state index contributed by atoms with van der Waals surface area (Å²) in [5.74, 6) is 1.89. The summed E-state index contributed by atoms with van der Waals surface area (Å²) in [5, 5.41) is 2.79. The molecule has 0 aliphatic carbocycles. The number of thiol groups is 1. The quantitative estimate of drug-likeness (QED) is 0.816. The van der Waals surface area contributed by atoms with Gasteiger partial charge in [0.2, 0.25) is 0 Å². The fraction of sp³-hybridized carbons (Fsp3) is 0.462. The molecule has 5 heteroatoms. The molecule has 0 fully saturated rings. The normalized spacial score (nSPS) is 16.9. The van der Waals surface area contributed by atoms with Crippen LogP contribution in [0.5, 0.6) is 11.5 Å². The molecule has 1 heterocycles. The largest absolute Gasteiger partial charge is 0.493 e. The zero-order valence-electron chi connectivity index (χ0n) is 10.5. The van der Waals surface area contributed by atoms with Crippen molar-refractivity contribution in [3.63, 3.8) is 0 Å². The number of carbonyl (C=O) groups excluding carboxylic acids is 1. The Labute approximate surface area is 112 Å². The molecule has 0 saturated carbocycles. The molecule has 1 N–H and O–H groups in total. The lowest BCUT2D eigenvalue weighted by Crippen LogP contribution is -2.25. The first kappa shape index (κ1) is 13.1. The van der Waals surface area contributed by atoms with E-state index < -0.39 is 0 Å². The third-order valence-corrected chi connectivity index (χ3v) is 3.06. The van der Waals surface area contributed by atoms with Crippen LogP contribution < -0.4 is 14.8 Å². The molecule has 4 nitrogen and oxygen atoms in total. The fourth-order valence-electron chi connectivity index (χ4n) is 2.05. The highest BCUT2D eigenvalue weighted by atomic mass is 32.1. The average molecular weight is 267 g/mol. The lowest BCUT2D eigenvalue weighted by Gasteiger charge is -2.10. The van der Waals surface area contributed by atoms with Gasteiger partial charge in [-0.2, -0.15) is 12.6 Å². The molecule has 0 saturated heterocycles. The van der Waals surface area contributed by atoms with Crippen molar-refractivity contribution >= 4 is 18.5 Å². The first-order valence-electron chi connectivity index (χ1n) is 5.92. The van der Waals surface area contributed by atoms with Crippen molar-refractivity contribution in [3.8, 4) is 11.5 Å². The van der Waals surface area contributed by atoms with E-state index in [1.165, 1.54) is 0 Å². The summed E-state index contributed by atoms with van der Waals surface area (Å²) in [4.78, 5) is 11.9. The summed E-state index contributed by atoms with van der Waals surface area (Å²) in [6, 6.07) is 3.58. The maximum atomic E-state index is 11.9. The molecule has 98 valence electrons. The first-order valence-corrected chi connectivity index (χ1v) is 6.55. The molecule has 0 bridgehead atoms. The molecule has 1 amide bonds. The summed E-state index contributed by atoms with van der Waals surface area (Å²) in [6.45, 7) is 2.55. The van der Waals surface area contributed by atoms with Crippen LogP contribution >= 0.6 is 12.6 Å². The summed E-state index contributed by atoms with van der Waals surface area (Å²) in [7, 11) is 1.58. The van der Waals surface area contributed by atoms with Crippen molar-refractivity contribution in [1.29, 1.82) is 0 Å². The third kappa shape index (κ3) is 2.56. The van der Waals surface area contributed by atoms with E-state index in [1.807, 2.05) is 13.0 Å². The Morgan fingerprint density at radius 1 is 1.61 bits per heavy atom. The second kappa shape index (κ2) is 5.52. The lowest BCUT2D eigenvalue weighted by molar-refractivity contribution is 0.0956. The van der Waals surface area contributed by atoms with E-state index in [1.54, 1.807) is 13.2 Å². The molecular weight excluding hydrogens is 250 g/mol. The highest BCUT2D eigenvalue weighted by Gasteiger charge is 2.25. The molecule has 0 spiro atoms. The molecule has 1 unspecified atom stereocenters. The van der Waals surface area contributed by atoms with Crippen LogP contribution in [0.1, 0.15) is 22.8 Å². The van der Waals surface area contributed by atoms with E-state index in [-0.39, 0.29) is 12.0 Å². The Hall–Kier alpha value is -1.36. The minimum atomic E-state index is -0.107. The number of amides is 1. The van der Waals surface area contributed by atoms with Crippen LogP contribution in [-0.4, -0.2) is 31.4 Å². The number of benzene rings is 1. The molecule has 18 heavy (non-hydrogen) atoms. The maximum absolute atomic E-state index is 11.9. The van der Waals surface area contributed by atoms with Gasteiger partial charge in [-0.05, 0) is 19.1 Å². The second-order valence-corrected chi connectivity index (χ2v) is 4.73. The third-order valence-electron chi connectivity index (χ3n) is 2.84. The van der Waals surface area contributed by atoms with Gasteiger partial charge >= 0.3 is 0 Å². The molecule has 1 aromatic carbocycles. The molecule has 0 aromatic heterocycles. The number of ether oxygens (including phenoxy) is 2. The number of methoxy groups -OCH3 is 1. The highest BCUT2D eigenvalue weighted by Crippen LogP contribution is 2.38. The van der Waals surface area contributed by atoms with E-state index in [4.69, 9.17) is 9.47 Å². The van der Waals surface area contributed by atoms with Crippen LogP contribution in [0.2, 0.25) is 0 Å². The molecule has 0 radical (unpaired) electrons. The molecule has 1 aliphatic rings. The number of fused-ring (bicyclic) bond motifs is 1. The number of rotatable bonds is 4. The molecule has 1 atom stereocenters. The monoisotopic (exact) mass is 267 g/mol. The Morgan fingerprint density at radius 2 is 2.39 bits per heavy atom. The van der Waals surface area contributed by atoms with Crippen LogP contribution in [0.25, 0.3) is 0 Å². The van der Waals surface area contributed by atoms with Crippen LogP contribution in [0.3, 0.4) is 0 Å². The number of hydrogen-bond acceptors (Lipinski definition) is 4. The molecule has 1 aromatic rings. The van der Waals surface area contributed by atoms with Gasteiger partial charge in [-0.15, -0.1) is 0 Å². The lowest BCUT2D eigenvalue weighted by atomic mass is 10.1. The van der Waals surface area contributed by atoms with E-state index in [0.717, 1.165) is 17.7 Å². The Morgan fingerprint density at radius 3 is 3.06 bits per heavy atom. The predicted molar refractivity (Wildman–Crippen MR) is 73.0 cm³/mol. The molecule has 1 aliphatic heterocycles. The van der Waals surface area contributed by atoms with E-state index in [2.05, 4.69) is 17.9 Å². The Balaban J connectivity index is 2.28. The average Bonchev–Trinajstić information content (AvgIpc) is 2.74. The zero-order chi connectivity index (χ0) is 13.1. The van der Waals surface area contributed by atoms with Crippen molar-refractivity contribution in [2.75, 3.05) is 19.4 Å². The zero-order valence-corrected chi connectivity index (χ0v) is 11.4. The van der Waals surface area contributed by atoms with Gasteiger partial charge in [0.15, 0.2) is 11.5 Å². The van der Waals surface area contributed by atoms with Crippen molar-refractivity contribution < 1.29 is 14.3 Å². The van der Waals surface area contributed by atoms with Crippen molar-refractivity contribution in [2.45, 2.75) is 19.4 Å². The van der Waals surface area contributed by atoms with Gasteiger partial charge in [-0.25, -0.2) is 0 Å². The van der Waals surface area contributed by atoms with Crippen molar-refractivity contribution in [2.24, 2.45) is 0 Å². The Bertz CT molecular complexity index is 462. The van der Waals surface area contributed by atoms with Crippen molar-refractivity contribution in [1.82, 2.24) is 5.32 Å². The van der Waals surface area contributed by atoms with Gasteiger partial charge in [0.05, 0.1) is 7.11 Å². The van der Waals surface area contributed by atoms with Gasteiger partial charge in [0.1, 0.15) is 6.10 Å². The minimum Gasteiger partial charge on any atom is -0.493 e. The fourth-order valence-corrected chi connectivity index (χ4v) is 2.16. The van der Waals surface area contributed by atoms with Gasteiger partial charge in [0, 0.05) is 29.8 Å². The van der Waals surface area contributed by atoms with E-state index in [9.17, 15) is 4.79 Å². The molecular formula is C13H17NO3S. The Kier molecular flexibility index (Phi) is 4.01. The van der Waals surface area contributed by atoms with E-state index >= 15 is 0 Å². The highest BCUT2D eigenvalue weighted by molar-refractivity contribution is 7.80. The van der Waals surface area contributed by atoms with Crippen LogP contribution in [0.4, 0.5) is 0 Å². The summed E-state index contributed by atoms with van der Waals surface area (Å²) in [6.07, 6.45) is 0.934. The number of hydrogen-bond donors (Lipinski definition) is 2. The maximum Gasteiger partial charge on any atom is 0.251 e. The first-order chi connectivity index (χ1) is 8.65. The van der Waals surface area contributed by atoms with Crippen LogP contribution in [0.15, 0.2) is 12.1 Å². The smallest absolute Gasteiger partial charge is 0.251 e. The van der Waals surface area contributed by atoms with Gasteiger partial charge in [0.25, 0.3) is 5.91 Å². The van der Waals surface area contributed by atoms with Gasteiger partial charge in [-0.1, -0.05) is 0 Å². The van der Waals surface area contributed by atoms with Crippen LogP contribution in [-0.2, 0) is 6.42 Å². The second-order valence-electron chi connectivity index (χ2n) is 4.28. The van der Waals surface area contributed by atoms with Crippen molar-refractivity contribution in [3.05, 3.63) is 23.3 Å². The van der Waals surface area contributed by atoms with Crippen LogP contribution in [0, 0.1) is 0 Å². The minimum absolute atomic E-state index is 0.107. The van der Waals surface area contributed by atoms with Gasteiger partial charge in [-0.3, -0.25) is 4.79 Å². The standard InChI is InChI=1S/C13H17NO3S/c1-8-5-9-6-10(13(15)14-3-4-18)7-11(16-2)12(9)17-8/h6-8,18H,3-5H2,1-2H3,(H,14,15). The summed E-state index contributed by atoms with van der Waals surface area (Å²) in [5.41, 5.74) is 1.63.